The minimum atomic E-state index is -4.66. The van der Waals surface area contributed by atoms with Gasteiger partial charge in [-0.1, -0.05) is 0 Å². The third-order valence-electron chi connectivity index (χ3n) is 8.08. The number of alkyl halides is 3. The molecule has 5 N–H and O–H groups in total. The van der Waals surface area contributed by atoms with Crippen LogP contribution in [0.2, 0.25) is 0 Å². The zero-order chi connectivity index (χ0) is 39.6. The Morgan fingerprint density at radius 3 is 1.82 bits per heavy atom. The number of fused-ring (bicyclic) bond motifs is 3. The predicted octanol–water partition coefficient (Wildman–Crippen LogP) is 9.70. The van der Waals surface area contributed by atoms with Gasteiger partial charge >= 0.3 is 12.3 Å². The maximum atomic E-state index is 13.4. The Bertz CT molecular complexity index is 2680. The van der Waals surface area contributed by atoms with Crippen LogP contribution in [0.15, 0.2) is 116 Å². The first kappa shape index (κ1) is 37.0. The zero-order valence-corrected chi connectivity index (χ0v) is 30.0. The van der Waals surface area contributed by atoms with E-state index in [2.05, 4.69) is 30.4 Å². The van der Waals surface area contributed by atoms with E-state index in [-0.39, 0.29) is 16.6 Å². The Balaban J connectivity index is 0.000000234. The number of nitrogens with two attached hydrogens (primary N) is 1. The van der Waals surface area contributed by atoms with Crippen molar-refractivity contribution in [1.82, 2.24) is 29.7 Å². The van der Waals surface area contributed by atoms with Crippen molar-refractivity contribution in [2.75, 3.05) is 11.1 Å². The lowest BCUT2D eigenvalue weighted by Crippen LogP contribution is -2.28. The van der Waals surface area contributed by atoms with Gasteiger partial charge in [0, 0.05) is 41.5 Å². The summed E-state index contributed by atoms with van der Waals surface area (Å²) in [6.45, 7) is 4.90. The second kappa shape index (κ2) is 14.8. The summed E-state index contributed by atoms with van der Waals surface area (Å²) in [4.78, 5) is 40.3. The van der Waals surface area contributed by atoms with E-state index in [9.17, 15) is 22.8 Å². The largest absolute Gasteiger partial charge is 0.457 e. The molecule has 0 fully saturated rings. The molecule has 284 valence electrons. The van der Waals surface area contributed by atoms with E-state index in [1.165, 1.54) is 0 Å². The molecule has 5 aromatic heterocycles. The topological polar surface area (TPSA) is 175 Å². The molecule has 0 unspecified atom stereocenters. The molecule has 3 aromatic carbocycles. The number of H-pyrrole nitrogens is 2. The van der Waals surface area contributed by atoms with Crippen molar-refractivity contribution >= 4 is 56.3 Å². The highest BCUT2D eigenvalue weighted by molar-refractivity contribution is 6.12. The van der Waals surface area contributed by atoms with Crippen LogP contribution >= 0.6 is 0 Å². The fraction of sp³-hybridized carbons (Fsp3) is 0.125. The van der Waals surface area contributed by atoms with E-state index in [1.807, 2.05) is 48.7 Å². The Labute approximate surface area is 316 Å². The average molecular weight is 763 g/mol. The van der Waals surface area contributed by atoms with Crippen LogP contribution in [-0.4, -0.2) is 47.3 Å². The molecule has 0 saturated carbocycles. The Morgan fingerprint density at radius 2 is 1.29 bits per heavy atom. The number of benzene rings is 3. The summed E-state index contributed by atoms with van der Waals surface area (Å²) in [6.07, 6.45) is 1.31. The number of nitrogen functional groups attached to an aromatic ring is 1. The lowest BCUT2D eigenvalue weighted by molar-refractivity contribution is -0.137. The molecule has 13 nitrogen and oxygen atoms in total. The van der Waals surface area contributed by atoms with E-state index in [1.54, 1.807) is 69.7 Å². The Kier molecular flexibility index (Phi) is 9.78. The van der Waals surface area contributed by atoms with Crippen molar-refractivity contribution in [2.45, 2.75) is 32.5 Å². The normalized spacial score (nSPS) is 11.6. The summed E-state index contributed by atoms with van der Waals surface area (Å²) >= 11 is 0. The first-order chi connectivity index (χ1) is 26.7. The van der Waals surface area contributed by atoms with Gasteiger partial charge in [-0.05, 0) is 112 Å². The molecule has 1 amide bonds. The first-order valence-corrected chi connectivity index (χ1v) is 17.0. The number of halogens is 3. The van der Waals surface area contributed by atoms with E-state index >= 15 is 0 Å². The second-order valence-electron chi connectivity index (χ2n) is 13.3. The van der Waals surface area contributed by atoms with E-state index in [0.29, 0.717) is 22.8 Å². The lowest BCUT2D eigenvalue weighted by atomic mass is 10.1. The molecule has 0 spiro atoms. The number of pyridine rings is 2. The van der Waals surface area contributed by atoms with Gasteiger partial charge in [0.2, 0.25) is 0 Å². The summed E-state index contributed by atoms with van der Waals surface area (Å²) in [5.41, 5.74) is 5.92. The van der Waals surface area contributed by atoms with Crippen molar-refractivity contribution in [2.24, 2.45) is 0 Å². The highest BCUT2D eigenvalue weighted by Crippen LogP contribution is 2.34. The van der Waals surface area contributed by atoms with Crippen LogP contribution < -0.4 is 20.5 Å². The number of anilines is 2. The smallest absolute Gasteiger partial charge is 0.435 e. The average Bonchev–Trinajstić information content (AvgIpc) is 3.92. The number of ether oxygens (including phenoxy) is 3. The van der Waals surface area contributed by atoms with Crippen LogP contribution in [0.3, 0.4) is 0 Å². The van der Waals surface area contributed by atoms with Gasteiger partial charge in [0.05, 0.1) is 21.9 Å². The molecule has 5 heterocycles. The highest BCUT2D eigenvalue weighted by Gasteiger charge is 2.33. The van der Waals surface area contributed by atoms with Crippen LogP contribution in [0.4, 0.5) is 29.3 Å². The van der Waals surface area contributed by atoms with Gasteiger partial charge in [0.25, 0.3) is 5.91 Å². The van der Waals surface area contributed by atoms with Crippen molar-refractivity contribution in [3.8, 4) is 23.0 Å². The van der Waals surface area contributed by atoms with Gasteiger partial charge in [-0.25, -0.2) is 14.8 Å². The summed E-state index contributed by atoms with van der Waals surface area (Å²) in [5.74, 6) is 1.79. The molecule has 0 saturated heterocycles. The molecule has 0 aliphatic carbocycles. The number of aromatic amines is 2. The predicted molar refractivity (Wildman–Crippen MR) is 204 cm³/mol. The monoisotopic (exact) mass is 762 g/mol. The van der Waals surface area contributed by atoms with Gasteiger partial charge in [0.15, 0.2) is 5.69 Å². The number of nitrogens with zero attached hydrogens (tertiary/aromatic N) is 4. The molecule has 0 radical (unpaired) electrons. The molecule has 16 heteroatoms. The number of hydrogen-bond acceptors (Lipinski definition) is 9. The molecule has 8 aromatic rings. The second-order valence-corrected chi connectivity index (χ2v) is 13.3. The first-order valence-electron chi connectivity index (χ1n) is 17.0. The van der Waals surface area contributed by atoms with Gasteiger partial charge in [-0.15, -0.1) is 0 Å². The minimum absolute atomic E-state index is 0.000398. The van der Waals surface area contributed by atoms with Crippen LogP contribution in [0.25, 0.3) is 33.0 Å². The van der Waals surface area contributed by atoms with Crippen LogP contribution in [0, 0.1) is 0 Å². The van der Waals surface area contributed by atoms with Gasteiger partial charge in [-0.2, -0.15) is 23.0 Å². The number of aromatic nitrogens is 6. The van der Waals surface area contributed by atoms with Gasteiger partial charge < -0.3 is 35.2 Å². The van der Waals surface area contributed by atoms with Crippen LogP contribution in [-0.2, 0) is 10.9 Å². The molecular weight excluding hydrogens is 729 g/mol. The van der Waals surface area contributed by atoms with Crippen LogP contribution in [0.1, 0.15) is 36.8 Å². The van der Waals surface area contributed by atoms with Gasteiger partial charge in [0.1, 0.15) is 39.9 Å². The SMILES string of the molecule is CC(C)(C)OC(=O)n1nc(C(=O)Nc2ccc(Oc3ccnc4[nH]ccc34)cc2)c2cc(C(F)(F)F)ccc21.Nc1ccc(Oc2ccnc3[nH]ccc23)cc1. The molecule has 8 rings (SSSR count). The van der Waals surface area contributed by atoms with Crippen molar-refractivity contribution < 1.29 is 37.0 Å². The third-order valence-corrected chi connectivity index (χ3v) is 8.08. The van der Waals surface area contributed by atoms with Gasteiger partial charge in [-0.3, -0.25) is 4.79 Å². The zero-order valence-electron chi connectivity index (χ0n) is 30.0. The van der Waals surface area contributed by atoms with E-state index < -0.39 is 29.3 Å². The minimum Gasteiger partial charge on any atom is -0.457 e. The fourth-order valence-corrected chi connectivity index (χ4v) is 5.54. The summed E-state index contributed by atoms with van der Waals surface area (Å²) < 4.78 is 58.0. The molecule has 0 bridgehead atoms. The van der Waals surface area contributed by atoms with Crippen molar-refractivity contribution in [1.29, 1.82) is 0 Å². The Hall–Kier alpha value is -7.36. The number of rotatable bonds is 6. The molecule has 0 atom stereocenters. The molecular formula is C40H33F3N8O5. The summed E-state index contributed by atoms with van der Waals surface area (Å²) in [5, 5.41) is 8.23. The number of hydrogen-bond donors (Lipinski definition) is 4. The number of carbonyl (C=O) groups excluding carboxylic acids is 2. The van der Waals surface area contributed by atoms with Crippen molar-refractivity contribution in [3.05, 3.63) is 127 Å². The van der Waals surface area contributed by atoms with Crippen LogP contribution in [0.5, 0.6) is 23.0 Å². The molecule has 56 heavy (non-hydrogen) atoms. The summed E-state index contributed by atoms with van der Waals surface area (Å²) in [7, 11) is 0. The van der Waals surface area contributed by atoms with E-state index in [4.69, 9.17) is 19.9 Å². The molecule has 0 aliphatic rings. The fourth-order valence-electron chi connectivity index (χ4n) is 5.54. The summed E-state index contributed by atoms with van der Waals surface area (Å²) in [6, 6.07) is 23.7. The maximum absolute atomic E-state index is 13.4. The maximum Gasteiger partial charge on any atom is 0.435 e. The van der Waals surface area contributed by atoms with Crippen molar-refractivity contribution in [3.63, 3.8) is 0 Å². The van der Waals surface area contributed by atoms with E-state index in [0.717, 1.165) is 56.5 Å². The highest BCUT2D eigenvalue weighted by atomic mass is 19.4. The lowest BCUT2D eigenvalue weighted by Gasteiger charge is -2.19. The number of carbonyl (C=O) groups is 2. The molecule has 0 aliphatic heterocycles. The Morgan fingerprint density at radius 1 is 0.732 bits per heavy atom. The number of amides is 1. The third kappa shape index (κ3) is 8.23. The number of nitrogens with one attached hydrogen (secondary N) is 3. The quantitative estimate of drug-likeness (QED) is 0.120. The standard InChI is InChI=1S/C27H22F3N5O4.C13H11N3O/c1-26(2,3)39-25(37)35-20-9-4-15(27(28,29)30)14-19(20)22(34-35)24(36)33-16-5-7-17(8-6-16)38-21-11-13-32-23-18(21)10-12-31-23;14-9-1-3-10(4-2-9)17-12-6-8-16-13-11(12)5-7-15-13/h4-14H,1-3H3,(H,31,32)(H,33,36);1-8H,14H2,(H,15,16).